The molecule has 1 aromatic carbocycles. The van der Waals surface area contributed by atoms with Gasteiger partial charge in [-0.3, -0.25) is 4.79 Å². The van der Waals surface area contributed by atoms with E-state index >= 15 is 0 Å². The van der Waals surface area contributed by atoms with E-state index in [-0.39, 0.29) is 17.5 Å². The Balaban J connectivity index is 1.69. The molecule has 0 aliphatic carbocycles. The number of halogens is 4. The molecule has 0 amide bonds. The number of hydrogen-bond donors (Lipinski definition) is 2. The maximum absolute atomic E-state index is 13.7. The van der Waals surface area contributed by atoms with Crippen molar-refractivity contribution < 1.29 is 22.1 Å². The molecular formula is C16H16F4N2O2. The van der Waals surface area contributed by atoms with Gasteiger partial charge in [0.2, 0.25) is 0 Å². The van der Waals surface area contributed by atoms with Crippen molar-refractivity contribution >= 4 is 0 Å². The fourth-order valence-corrected chi connectivity index (χ4v) is 3.12. The van der Waals surface area contributed by atoms with Crippen LogP contribution in [0.5, 0.6) is 0 Å². The lowest BCUT2D eigenvalue weighted by Crippen LogP contribution is -2.38. The molecule has 0 unspecified atom stereocenters. The average Bonchev–Trinajstić information content (AvgIpc) is 2.93. The molecule has 1 aromatic heterocycles. The SMILES string of the molecule is O=c1cc([C@@H]2CCN[C@H](Cc3ccc(C(F)(F)F)c(F)c3)C2)o[nH]1. The highest BCUT2D eigenvalue weighted by atomic mass is 19.4. The lowest BCUT2D eigenvalue weighted by Gasteiger charge is -2.29. The fourth-order valence-electron chi connectivity index (χ4n) is 3.12. The molecule has 1 saturated heterocycles. The lowest BCUT2D eigenvalue weighted by molar-refractivity contribution is -0.140. The number of H-pyrrole nitrogens is 1. The van der Waals surface area contributed by atoms with Crippen molar-refractivity contribution in [2.24, 2.45) is 0 Å². The van der Waals surface area contributed by atoms with Gasteiger partial charge < -0.3 is 9.84 Å². The Labute approximate surface area is 134 Å². The van der Waals surface area contributed by atoms with Crippen LogP contribution < -0.4 is 10.9 Å². The van der Waals surface area contributed by atoms with Gasteiger partial charge in [-0.15, -0.1) is 0 Å². The summed E-state index contributed by atoms with van der Waals surface area (Å²) in [4.78, 5) is 11.2. The Bertz CT molecular complexity index is 766. The van der Waals surface area contributed by atoms with Crippen molar-refractivity contribution in [2.45, 2.75) is 37.4 Å². The van der Waals surface area contributed by atoms with Crippen LogP contribution in [0.3, 0.4) is 0 Å². The number of aromatic amines is 1. The predicted octanol–water partition coefficient (Wildman–Crippen LogP) is 3.20. The number of nitrogens with one attached hydrogen (secondary N) is 2. The standard InChI is InChI=1S/C16H16F4N2O2/c17-13-6-9(1-2-12(13)16(18,19)20)5-11-7-10(3-4-21-11)14-8-15(23)22-24-14/h1-2,6,8,10-11,21H,3-5,7H2,(H,22,23)/t10-,11-/m1/s1. The average molecular weight is 344 g/mol. The molecule has 1 aliphatic heterocycles. The van der Waals surface area contributed by atoms with Gasteiger partial charge in [-0.05, 0) is 43.5 Å². The Morgan fingerprint density at radius 2 is 2.04 bits per heavy atom. The molecule has 0 spiro atoms. The summed E-state index contributed by atoms with van der Waals surface area (Å²) >= 11 is 0. The maximum Gasteiger partial charge on any atom is 0.419 e. The smallest absolute Gasteiger partial charge is 0.383 e. The second-order valence-electron chi connectivity index (χ2n) is 6.00. The van der Waals surface area contributed by atoms with E-state index in [0.29, 0.717) is 30.7 Å². The summed E-state index contributed by atoms with van der Waals surface area (Å²) in [6, 6.07) is 4.39. The first-order chi connectivity index (χ1) is 11.3. The van der Waals surface area contributed by atoms with Gasteiger partial charge in [0.05, 0.1) is 5.56 Å². The molecule has 24 heavy (non-hydrogen) atoms. The van der Waals surface area contributed by atoms with Crippen LogP contribution in [0.15, 0.2) is 33.6 Å². The van der Waals surface area contributed by atoms with Gasteiger partial charge in [-0.25, -0.2) is 4.39 Å². The highest BCUT2D eigenvalue weighted by molar-refractivity contribution is 5.27. The number of benzene rings is 1. The van der Waals surface area contributed by atoms with Gasteiger partial charge >= 0.3 is 6.18 Å². The van der Waals surface area contributed by atoms with Crippen LogP contribution in [-0.2, 0) is 12.6 Å². The second kappa shape index (κ2) is 6.43. The topological polar surface area (TPSA) is 58.0 Å². The first kappa shape index (κ1) is 16.8. The minimum atomic E-state index is -4.69. The highest BCUT2D eigenvalue weighted by Crippen LogP contribution is 2.32. The molecule has 2 N–H and O–H groups in total. The van der Waals surface area contributed by atoms with E-state index in [0.717, 1.165) is 18.6 Å². The number of aromatic nitrogens is 1. The third-order valence-electron chi connectivity index (χ3n) is 4.26. The summed E-state index contributed by atoms with van der Waals surface area (Å²) in [7, 11) is 0. The molecule has 3 rings (SSSR count). The van der Waals surface area contributed by atoms with Crippen LogP contribution in [0.1, 0.15) is 35.6 Å². The third-order valence-corrected chi connectivity index (χ3v) is 4.26. The van der Waals surface area contributed by atoms with E-state index in [4.69, 9.17) is 4.52 Å². The Morgan fingerprint density at radius 1 is 1.25 bits per heavy atom. The monoisotopic (exact) mass is 344 g/mol. The minimum Gasteiger partial charge on any atom is -0.383 e. The van der Waals surface area contributed by atoms with Crippen molar-refractivity contribution in [2.75, 3.05) is 6.54 Å². The van der Waals surface area contributed by atoms with Crippen LogP contribution in [0.2, 0.25) is 0 Å². The van der Waals surface area contributed by atoms with Crippen LogP contribution in [0, 0.1) is 5.82 Å². The molecule has 0 bridgehead atoms. The normalized spacial score (nSPS) is 21.8. The van der Waals surface area contributed by atoms with E-state index in [1.54, 1.807) is 0 Å². The highest BCUT2D eigenvalue weighted by Gasteiger charge is 2.34. The lowest BCUT2D eigenvalue weighted by atomic mass is 9.87. The molecule has 2 aromatic rings. The summed E-state index contributed by atoms with van der Waals surface area (Å²) < 4.78 is 56.5. The first-order valence-electron chi connectivity index (χ1n) is 7.60. The second-order valence-corrected chi connectivity index (χ2v) is 6.00. The van der Waals surface area contributed by atoms with Gasteiger partial charge in [0.25, 0.3) is 5.56 Å². The van der Waals surface area contributed by atoms with E-state index in [9.17, 15) is 22.4 Å². The number of hydrogen-bond acceptors (Lipinski definition) is 3. The van der Waals surface area contributed by atoms with Crippen LogP contribution in [0.25, 0.3) is 0 Å². The minimum absolute atomic E-state index is 0.0277. The van der Waals surface area contributed by atoms with Crippen molar-refractivity contribution in [3.05, 3.63) is 57.3 Å². The summed E-state index contributed by atoms with van der Waals surface area (Å²) in [5.74, 6) is -0.636. The zero-order valence-electron chi connectivity index (χ0n) is 12.6. The molecule has 0 saturated carbocycles. The molecule has 130 valence electrons. The van der Waals surface area contributed by atoms with E-state index in [1.165, 1.54) is 12.1 Å². The van der Waals surface area contributed by atoms with Crippen LogP contribution in [0.4, 0.5) is 17.6 Å². The molecule has 2 heterocycles. The van der Waals surface area contributed by atoms with Crippen molar-refractivity contribution in [3.63, 3.8) is 0 Å². The maximum atomic E-state index is 13.7. The van der Waals surface area contributed by atoms with E-state index in [1.807, 2.05) is 0 Å². The van der Waals surface area contributed by atoms with Gasteiger partial charge in [-0.2, -0.15) is 18.3 Å². The molecule has 1 fully saturated rings. The quantitative estimate of drug-likeness (QED) is 0.841. The Morgan fingerprint density at radius 3 is 2.67 bits per heavy atom. The van der Waals surface area contributed by atoms with Gasteiger partial charge in [0.1, 0.15) is 11.6 Å². The molecule has 0 radical (unpaired) electrons. The molecule has 1 aliphatic rings. The molecule has 8 heteroatoms. The zero-order chi connectivity index (χ0) is 17.3. The molecule has 2 atom stereocenters. The fraction of sp³-hybridized carbons (Fsp3) is 0.438. The van der Waals surface area contributed by atoms with E-state index in [2.05, 4.69) is 10.5 Å². The van der Waals surface area contributed by atoms with Gasteiger partial charge in [0.15, 0.2) is 0 Å². The van der Waals surface area contributed by atoms with Crippen molar-refractivity contribution in [1.82, 2.24) is 10.5 Å². The largest absolute Gasteiger partial charge is 0.419 e. The number of piperidine rings is 1. The number of alkyl halides is 3. The van der Waals surface area contributed by atoms with Gasteiger partial charge in [-0.1, -0.05) is 6.07 Å². The Hall–Kier alpha value is -2.09. The summed E-state index contributed by atoms with van der Waals surface area (Å²) in [6.45, 7) is 0.688. The van der Waals surface area contributed by atoms with Crippen molar-refractivity contribution in [3.8, 4) is 0 Å². The zero-order valence-corrected chi connectivity index (χ0v) is 12.6. The summed E-state index contributed by atoms with van der Waals surface area (Å²) in [5.41, 5.74) is -1.06. The predicted molar refractivity (Wildman–Crippen MR) is 78.2 cm³/mol. The van der Waals surface area contributed by atoms with Crippen LogP contribution >= 0.6 is 0 Å². The Kier molecular flexibility index (Phi) is 4.49. The first-order valence-corrected chi connectivity index (χ1v) is 7.60. The van der Waals surface area contributed by atoms with E-state index < -0.39 is 17.6 Å². The number of rotatable bonds is 3. The van der Waals surface area contributed by atoms with Crippen molar-refractivity contribution in [1.29, 1.82) is 0 Å². The summed E-state index contributed by atoms with van der Waals surface area (Å²) in [6.07, 6.45) is -2.84. The summed E-state index contributed by atoms with van der Waals surface area (Å²) in [5, 5.41) is 5.51. The third kappa shape index (κ3) is 3.69. The molecular weight excluding hydrogens is 328 g/mol. The van der Waals surface area contributed by atoms with Gasteiger partial charge in [0, 0.05) is 18.0 Å². The van der Waals surface area contributed by atoms with Crippen LogP contribution in [-0.4, -0.2) is 17.7 Å². The molecule has 4 nitrogen and oxygen atoms in total.